The van der Waals surface area contributed by atoms with Crippen molar-refractivity contribution in [2.75, 3.05) is 29.0 Å². The Morgan fingerprint density at radius 3 is 2.88 bits per heavy atom. The van der Waals surface area contributed by atoms with E-state index in [9.17, 15) is 4.79 Å². The summed E-state index contributed by atoms with van der Waals surface area (Å²) in [6.45, 7) is 3.72. The lowest BCUT2D eigenvalue weighted by molar-refractivity contribution is 0.221. The molecule has 0 aliphatic carbocycles. The number of nitrogens with zero attached hydrogens (tertiary/aromatic N) is 3. The van der Waals surface area contributed by atoms with E-state index in [-0.39, 0.29) is 6.03 Å². The molecule has 3 aromatic rings. The number of carbonyl (C=O) groups excluding carboxylic acids is 1. The number of aromatic nitrogens is 1. The number of amidine groups is 1. The normalized spacial score (nSPS) is 20.5. The van der Waals surface area contributed by atoms with E-state index in [1.54, 1.807) is 6.20 Å². The molecule has 3 heterocycles. The fourth-order valence-electron chi connectivity index (χ4n) is 4.30. The van der Waals surface area contributed by atoms with Gasteiger partial charge in [-0.15, -0.1) is 0 Å². The van der Waals surface area contributed by atoms with Gasteiger partial charge in [0.05, 0.1) is 18.8 Å². The molecule has 0 bridgehead atoms. The minimum Gasteiger partial charge on any atom is -0.368 e. The Bertz CT molecular complexity index is 1160. The summed E-state index contributed by atoms with van der Waals surface area (Å²) in [4.78, 5) is 24.2. The van der Waals surface area contributed by atoms with Crippen molar-refractivity contribution in [3.63, 3.8) is 0 Å². The van der Waals surface area contributed by atoms with E-state index in [1.807, 2.05) is 66.4 Å². The Morgan fingerprint density at radius 1 is 1.16 bits per heavy atom. The third-order valence-corrected chi connectivity index (χ3v) is 5.96. The predicted molar refractivity (Wildman–Crippen MR) is 128 cm³/mol. The van der Waals surface area contributed by atoms with Crippen molar-refractivity contribution in [3.05, 3.63) is 84.1 Å². The molecule has 1 fully saturated rings. The molecule has 0 unspecified atom stereocenters. The zero-order chi connectivity index (χ0) is 22.0. The average Bonchev–Trinajstić information content (AvgIpc) is 3.23. The predicted octanol–water partition coefficient (Wildman–Crippen LogP) is 4.50. The molecule has 1 aromatic heterocycles. The van der Waals surface area contributed by atoms with Gasteiger partial charge >= 0.3 is 6.03 Å². The molecule has 1 saturated heterocycles. The zero-order valence-electron chi connectivity index (χ0n) is 18.0. The standard InChI is InChI=1S/C25H26N6O/c1-18-7-5-10-20(15-18)28-24(32)31-14-12-25(17-31)23(27-16-19-8-3-2-4-9-19)29-22-21(30-25)11-6-13-26-22/h2-11,13,15,30H,12,14,16-17H2,1H3,(H,28,32)(H,26,27,29)/t25-/m0/s1. The number of hydrogen-bond acceptors (Lipinski definition) is 4. The van der Waals surface area contributed by atoms with Gasteiger partial charge in [-0.2, -0.15) is 0 Å². The van der Waals surface area contributed by atoms with E-state index in [0.717, 1.165) is 40.6 Å². The van der Waals surface area contributed by atoms with Crippen molar-refractivity contribution < 1.29 is 4.79 Å². The van der Waals surface area contributed by atoms with Gasteiger partial charge in [-0.1, -0.05) is 42.5 Å². The molecular weight excluding hydrogens is 400 g/mol. The highest BCUT2D eigenvalue weighted by Gasteiger charge is 2.47. The van der Waals surface area contributed by atoms with Crippen LogP contribution in [-0.2, 0) is 6.54 Å². The molecule has 0 radical (unpaired) electrons. The number of amides is 2. The maximum absolute atomic E-state index is 13.0. The van der Waals surface area contributed by atoms with Crippen molar-refractivity contribution >= 4 is 29.1 Å². The highest BCUT2D eigenvalue weighted by Crippen LogP contribution is 2.35. The van der Waals surface area contributed by atoms with Gasteiger partial charge in [0.25, 0.3) is 0 Å². The lowest BCUT2D eigenvalue weighted by atomic mass is 9.93. The van der Waals surface area contributed by atoms with Crippen LogP contribution in [0.5, 0.6) is 0 Å². The summed E-state index contributed by atoms with van der Waals surface area (Å²) in [6.07, 6.45) is 2.51. The Labute approximate surface area is 187 Å². The van der Waals surface area contributed by atoms with Crippen LogP contribution in [-0.4, -0.2) is 40.4 Å². The molecule has 7 nitrogen and oxygen atoms in total. The summed E-state index contributed by atoms with van der Waals surface area (Å²) in [7, 11) is 0. The number of fused-ring (bicyclic) bond motifs is 1. The highest BCUT2D eigenvalue weighted by molar-refractivity contribution is 6.09. The van der Waals surface area contributed by atoms with E-state index in [0.29, 0.717) is 19.6 Å². The Balaban J connectivity index is 1.39. The third-order valence-electron chi connectivity index (χ3n) is 5.96. The molecule has 3 N–H and O–H groups in total. The summed E-state index contributed by atoms with van der Waals surface area (Å²) >= 11 is 0. The number of pyridine rings is 1. The van der Waals surface area contributed by atoms with Crippen molar-refractivity contribution in [1.82, 2.24) is 9.88 Å². The summed E-state index contributed by atoms with van der Waals surface area (Å²) in [5.74, 6) is 1.58. The smallest absolute Gasteiger partial charge is 0.321 e. The summed E-state index contributed by atoms with van der Waals surface area (Å²) in [5, 5.41) is 10.1. The minimum absolute atomic E-state index is 0.103. The van der Waals surface area contributed by atoms with Crippen molar-refractivity contribution in [2.45, 2.75) is 25.4 Å². The maximum atomic E-state index is 13.0. The molecule has 162 valence electrons. The molecule has 1 spiro atoms. The molecule has 5 rings (SSSR count). The Morgan fingerprint density at radius 2 is 2.03 bits per heavy atom. The number of aliphatic imine (C=N–C) groups is 1. The first-order valence-electron chi connectivity index (χ1n) is 10.8. The van der Waals surface area contributed by atoms with Crippen molar-refractivity contribution in [2.24, 2.45) is 4.99 Å². The van der Waals surface area contributed by atoms with E-state index in [1.165, 1.54) is 0 Å². The topological polar surface area (TPSA) is 81.7 Å². The molecule has 2 aliphatic rings. The highest BCUT2D eigenvalue weighted by atomic mass is 16.2. The van der Waals surface area contributed by atoms with E-state index in [4.69, 9.17) is 4.99 Å². The van der Waals surface area contributed by atoms with Crippen LogP contribution in [0.3, 0.4) is 0 Å². The molecule has 0 saturated carbocycles. The Hall–Kier alpha value is -3.87. The lowest BCUT2D eigenvalue weighted by Crippen LogP contribution is -2.55. The molecular formula is C25H26N6O. The van der Waals surface area contributed by atoms with E-state index < -0.39 is 5.54 Å². The summed E-state index contributed by atoms with van der Waals surface area (Å²) in [6, 6.07) is 21.8. The van der Waals surface area contributed by atoms with Gasteiger partial charge < -0.3 is 20.9 Å². The number of benzene rings is 2. The molecule has 32 heavy (non-hydrogen) atoms. The SMILES string of the molecule is Cc1cccc(NC(=O)N2CC[C@@]3(C2)Nc2cccnc2NC3=NCc2ccccc2)c1. The van der Waals surface area contributed by atoms with Gasteiger partial charge in [-0.3, -0.25) is 4.99 Å². The number of urea groups is 1. The number of rotatable bonds is 3. The van der Waals surface area contributed by atoms with Crippen LogP contribution in [0.1, 0.15) is 17.5 Å². The van der Waals surface area contributed by atoms with E-state index >= 15 is 0 Å². The molecule has 7 heteroatoms. The van der Waals surface area contributed by atoms with Crippen LogP contribution in [0.4, 0.5) is 22.0 Å². The number of carbonyl (C=O) groups is 1. The minimum atomic E-state index is -0.477. The first kappa shape index (κ1) is 20.1. The van der Waals surface area contributed by atoms with Crippen LogP contribution in [0.2, 0.25) is 0 Å². The quantitative estimate of drug-likeness (QED) is 0.576. The number of aryl methyl sites for hydroxylation is 1. The van der Waals surface area contributed by atoms with Gasteiger partial charge in [0.15, 0.2) is 5.82 Å². The zero-order valence-corrected chi connectivity index (χ0v) is 18.0. The molecule has 2 aliphatic heterocycles. The van der Waals surface area contributed by atoms with Gasteiger partial charge in [-0.25, -0.2) is 9.78 Å². The Kier molecular flexibility index (Phi) is 5.23. The first-order chi connectivity index (χ1) is 15.6. The number of nitrogens with one attached hydrogen (secondary N) is 3. The maximum Gasteiger partial charge on any atom is 0.321 e. The second-order valence-corrected chi connectivity index (χ2v) is 8.35. The van der Waals surface area contributed by atoms with Crippen LogP contribution in [0.25, 0.3) is 0 Å². The van der Waals surface area contributed by atoms with Crippen molar-refractivity contribution in [1.29, 1.82) is 0 Å². The second kappa shape index (κ2) is 8.34. The molecule has 1 atom stereocenters. The summed E-state index contributed by atoms with van der Waals surface area (Å²) in [5.41, 5.74) is 3.49. The van der Waals surface area contributed by atoms with Crippen LogP contribution < -0.4 is 16.0 Å². The van der Waals surface area contributed by atoms with Crippen molar-refractivity contribution in [3.8, 4) is 0 Å². The van der Waals surface area contributed by atoms with E-state index in [2.05, 4.69) is 33.1 Å². The average molecular weight is 427 g/mol. The third kappa shape index (κ3) is 4.01. The van der Waals surface area contributed by atoms with Gasteiger partial charge in [0, 0.05) is 18.4 Å². The first-order valence-corrected chi connectivity index (χ1v) is 10.8. The van der Waals surface area contributed by atoms with Crippen LogP contribution in [0.15, 0.2) is 77.9 Å². The number of anilines is 3. The fourth-order valence-corrected chi connectivity index (χ4v) is 4.30. The van der Waals surface area contributed by atoms with Crippen LogP contribution >= 0.6 is 0 Å². The second-order valence-electron chi connectivity index (χ2n) is 8.35. The number of likely N-dealkylation sites (tertiary alicyclic amines) is 1. The fraction of sp³-hybridized carbons (Fsp3) is 0.240. The number of hydrogen-bond donors (Lipinski definition) is 3. The van der Waals surface area contributed by atoms with Crippen LogP contribution in [0, 0.1) is 6.92 Å². The lowest BCUT2D eigenvalue weighted by Gasteiger charge is -2.38. The summed E-state index contributed by atoms with van der Waals surface area (Å²) < 4.78 is 0. The molecule has 2 aromatic carbocycles. The van der Waals surface area contributed by atoms with Gasteiger partial charge in [0.2, 0.25) is 0 Å². The van der Waals surface area contributed by atoms with Gasteiger partial charge in [-0.05, 0) is 48.7 Å². The largest absolute Gasteiger partial charge is 0.368 e. The monoisotopic (exact) mass is 426 g/mol. The molecule has 2 amide bonds. The van der Waals surface area contributed by atoms with Gasteiger partial charge in [0.1, 0.15) is 11.4 Å².